The average Bonchev–Trinajstić information content (AvgIpc) is 3.14. The monoisotopic (exact) mass is 498 g/mol. The summed E-state index contributed by atoms with van der Waals surface area (Å²) in [4.78, 5) is 26.0. The summed E-state index contributed by atoms with van der Waals surface area (Å²) in [5.74, 6) is 0.211. The van der Waals surface area contributed by atoms with Crippen LogP contribution in [0.1, 0.15) is 84.1 Å². The number of unbranched alkanes of at least 4 members (excludes halogenated alkanes) is 2. The SMILES string of the molecule is CCCCc1oc2ccc(C(=O)OC(C)C)cc2c1C(=O)c1ccc(CCCCBr)cc1. The Balaban J connectivity index is 1.97. The summed E-state index contributed by atoms with van der Waals surface area (Å²) >= 11 is 3.46. The normalized spacial score (nSPS) is 11.3. The molecule has 5 heteroatoms. The molecule has 3 aromatic rings. The second-order valence-electron chi connectivity index (χ2n) is 8.34. The van der Waals surface area contributed by atoms with Gasteiger partial charge in [-0.2, -0.15) is 0 Å². The predicted octanol–water partition coefficient (Wildman–Crippen LogP) is 7.29. The van der Waals surface area contributed by atoms with Gasteiger partial charge in [-0.05, 0) is 63.3 Å². The van der Waals surface area contributed by atoms with Crippen LogP contribution in [-0.4, -0.2) is 23.2 Å². The molecule has 0 saturated carbocycles. The maximum Gasteiger partial charge on any atom is 0.338 e. The summed E-state index contributed by atoms with van der Waals surface area (Å²) in [5.41, 5.74) is 3.45. The Morgan fingerprint density at radius 3 is 2.34 bits per heavy atom. The van der Waals surface area contributed by atoms with Crippen molar-refractivity contribution in [2.24, 2.45) is 0 Å². The number of fused-ring (bicyclic) bond motifs is 1. The fourth-order valence-corrected chi connectivity index (χ4v) is 4.11. The number of aryl methyl sites for hydroxylation is 2. The van der Waals surface area contributed by atoms with Crippen molar-refractivity contribution in [2.45, 2.75) is 65.4 Å². The van der Waals surface area contributed by atoms with E-state index in [1.54, 1.807) is 18.2 Å². The van der Waals surface area contributed by atoms with Crippen LogP contribution in [0, 0.1) is 0 Å². The number of rotatable bonds is 11. The summed E-state index contributed by atoms with van der Waals surface area (Å²) < 4.78 is 11.4. The minimum atomic E-state index is -0.399. The number of alkyl halides is 1. The summed E-state index contributed by atoms with van der Waals surface area (Å²) in [7, 11) is 0. The van der Waals surface area contributed by atoms with Gasteiger partial charge in [-0.1, -0.05) is 53.5 Å². The van der Waals surface area contributed by atoms with E-state index in [4.69, 9.17) is 9.15 Å². The number of ketones is 1. The number of hydrogen-bond donors (Lipinski definition) is 0. The molecule has 1 aromatic heterocycles. The molecular weight excluding hydrogens is 468 g/mol. The lowest BCUT2D eigenvalue weighted by Crippen LogP contribution is -2.11. The third kappa shape index (κ3) is 5.89. The molecule has 0 radical (unpaired) electrons. The van der Waals surface area contributed by atoms with Crippen LogP contribution in [0.3, 0.4) is 0 Å². The Kier molecular flexibility index (Phi) is 8.68. The highest BCUT2D eigenvalue weighted by Gasteiger charge is 2.23. The van der Waals surface area contributed by atoms with Crippen molar-refractivity contribution in [1.29, 1.82) is 0 Å². The molecular formula is C27H31BrO4. The molecule has 170 valence electrons. The van der Waals surface area contributed by atoms with Crippen LogP contribution in [0.2, 0.25) is 0 Å². The minimum Gasteiger partial charge on any atom is -0.460 e. The lowest BCUT2D eigenvalue weighted by molar-refractivity contribution is 0.0378. The fourth-order valence-electron chi connectivity index (χ4n) is 3.71. The Morgan fingerprint density at radius 1 is 0.969 bits per heavy atom. The highest BCUT2D eigenvalue weighted by Crippen LogP contribution is 2.31. The van der Waals surface area contributed by atoms with E-state index in [1.165, 1.54) is 5.56 Å². The van der Waals surface area contributed by atoms with Gasteiger partial charge in [-0.3, -0.25) is 4.79 Å². The van der Waals surface area contributed by atoms with Crippen molar-refractivity contribution >= 4 is 38.7 Å². The molecule has 3 rings (SSSR count). The molecule has 0 fully saturated rings. The van der Waals surface area contributed by atoms with E-state index >= 15 is 0 Å². The number of hydrogen-bond acceptors (Lipinski definition) is 4. The van der Waals surface area contributed by atoms with Crippen LogP contribution in [0.4, 0.5) is 0 Å². The number of benzene rings is 2. The first-order valence-corrected chi connectivity index (χ1v) is 12.5. The molecule has 0 spiro atoms. The second kappa shape index (κ2) is 11.5. The van der Waals surface area contributed by atoms with Gasteiger partial charge in [0.2, 0.25) is 0 Å². The smallest absolute Gasteiger partial charge is 0.338 e. The lowest BCUT2D eigenvalue weighted by atomic mass is 9.96. The van der Waals surface area contributed by atoms with Gasteiger partial charge in [0.25, 0.3) is 0 Å². The van der Waals surface area contributed by atoms with Crippen molar-refractivity contribution in [3.8, 4) is 0 Å². The molecule has 32 heavy (non-hydrogen) atoms. The summed E-state index contributed by atoms with van der Waals surface area (Å²) in [6.45, 7) is 5.74. The molecule has 0 N–H and O–H groups in total. The molecule has 0 atom stereocenters. The predicted molar refractivity (Wildman–Crippen MR) is 132 cm³/mol. The zero-order valence-electron chi connectivity index (χ0n) is 19.1. The van der Waals surface area contributed by atoms with E-state index in [-0.39, 0.29) is 11.9 Å². The van der Waals surface area contributed by atoms with Crippen LogP contribution < -0.4 is 0 Å². The first kappa shape index (κ1) is 24.2. The van der Waals surface area contributed by atoms with Crippen LogP contribution in [-0.2, 0) is 17.6 Å². The van der Waals surface area contributed by atoms with Gasteiger partial charge in [0, 0.05) is 22.7 Å². The van der Waals surface area contributed by atoms with Gasteiger partial charge < -0.3 is 9.15 Å². The van der Waals surface area contributed by atoms with Gasteiger partial charge in [-0.15, -0.1) is 0 Å². The Labute approximate surface area is 198 Å². The van der Waals surface area contributed by atoms with E-state index in [9.17, 15) is 9.59 Å². The first-order chi connectivity index (χ1) is 15.4. The van der Waals surface area contributed by atoms with E-state index in [0.717, 1.165) is 37.4 Å². The molecule has 1 heterocycles. The number of esters is 1. The molecule has 0 aliphatic rings. The zero-order chi connectivity index (χ0) is 23.1. The van der Waals surface area contributed by atoms with Crippen molar-refractivity contribution in [3.63, 3.8) is 0 Å². The van der Waals surface area contributed by atoms with Gasteiger partial charge in [0.15, 0.2) is 5.78 Å². The third-order valence-electron chi connectivity index (χ3n) is 5.39. The van der Waals surface area contributed by atoms with E-state index < -0.39 is 5.97 Å². The van der Waals surface area contributed by atoms with Gasteiger partial charge in [0.05, 0.1) is 17.2 Å². The molecule has 0 aliphatic heterocycles. The maximum atomic E-state index is 13.6. The van der Waals surface area contributed by atoms with Crippen molar-refractivity contribution in [3.05, 3.63) is 70.5 Å². The van der Waals surface area contributed by atoms with Gasteiger partial charge in [0.1, 0.15) is 11.3 Å². The molecule has 2 aromatic carbocycles. The number of halogens is 1. The second-order valence-corrected chi connectivity index (χ2v) is 9.13. The Hall–Kier alpha value is -2.40. The standard InChI is InChI=1S/C27H31BrO4/c1-4-5-9-24-25(26(29)20-12-10-19(11-13-20)8-6-7-16-28)22-17-21(14-15-23(22)32-24)27(30)31-18(2)3/h10-15,17-18H,4-9,16H2,1-3H3. The van der Waals surface area contributed by atoms with Crippen LogP contribution in [0.25, 0.3) is 11.0 Å². The zero-order valence-corrected chi connectivity index (χ0v) is 20.7. The highest BCUT2D eigenvalue weighted by molar-refractivity contribution is 9.09. The summed E-state index contributed by atoms with van der Waals surface area (Å²) in [6, 6.07) is 13.0. The highest BCUT2D eigenvalue weighted by atomic mass is 79.9. The average molecular weight is 499 g/mol. The van der Waals surface area contributed by atoms with Crippen LogP contribution in [0.15, 0.2) is 46.9 Å². The quantitative estimate of drug-likeness (QED) is 0.120. The van der Waals surface area contributed by atoms with E-state index in [1.807, 2.05) is 38.1 Å². The number of furan rings is 1. The Morgan fingerprint density at radius 2 is 1.69 bits per heavy atom. The fraction of sp³-hybridized carbons (Fsp3) is 0.407. The van der Waals surface area contributed by atoms with Gasteiger partial charge in [-0.25, -0.2) is 4.79 Å². The summed E-state index contributed by atoms with van der Waals surface area (Å²) in [5, 5.41) is 1.67. The Bertz CT molecular complexity index is 1060. The largest absolute Gasteiger partial charge is 0.460 e. The van der Waals surface area contributed by atoms with Gasteiger partial charge >= 0.3 is 5.97 Å². The maximum absolute atomic E-state index is 13.6. The number of carbonyl (C=O) groups excluding carboxylic acids is 2. The topological polar surface area (TPSA) is 56.5 Å². The molecule has 0 unspecified atom stereocenters. The van der Waals surface area contributed by atoms with Crippen molar-refractivity contribution in [2.75, 3.05) is 5.33 Å². The van der Waals surface area contributed by atoms with E-state index in [0.29, 0.717) is 39.8 Å². The van der Waals surface area contributed by atoms with Crippen molar-refractivity contribution in [1.82, 2.24) is 0 Å². The lowest BCUT2D eigenvalue weighted by Gasteiger charge is -2.08. The molecule has 0 aliphatic carbocycles. The summed E-state index contributed by atoms with van der Waals surface area (Å²) in [6.07, 6.45) is 5.64. The van der Waals surface area contributed by atoms with Crippen LogP contribution in [0.5, 0.6) is 0 Å². The molecule has 0 amide bonds. The van der Waals surface area contributed by atoms with Crippen molar-refractivity contribution < 1.29 is 18.7 Å². The first-order valence-electron chi connectivity index (χ1n) is 11.4. The third-order valence-corrected chi connectivity index (χ3v) is 5.95. The number of ether oxygens (including phenoxy) is 1. The molecule has 0 saturated heterocycles. The number of carbonyl (C=O) groups is 2. The van der Waals surface area contributed by atoms with E-state index in [2.05, 4.69) is 22.9 Å². The molecule has 0 bridgehead atoms. The van der Waals surface area contributed by atoms with Crippen LogP contribution >= 0.6 is 15.9 Å². The molecule has 4 nitrogen and oxygen atoms in total. The minimum absolute atomic E-state index is 0.0729.